The highest BCUT2D eigenvalue weighted by molar-refractivity contribution is 6.39. The zero-order valence-corrected chi connectivity index (χ0v) is 12.6. The molecule has 0 spiro atoms. The number of rotatable bonds is 4. The van der Waals surface area contributed by atoms with Gasteiger partial charge in [0.05, 0.1) is 17.6 Å². The van der Waals surface area contributed by atoms with Crippen LogP contribution in [0, 0.1) is 0 Å². The number of nitrogens with one attached hydrogen (secondary N) is 2. The van der Waals surface area contributed by atoms with Gasteiger partial charge in [-0.1, -0.05) is 12.1 Å². The number of hydrazone groups is 1. The van der Waals surface area contributed by atoms with Crippen molar-refractivity contribution in [2.24, 2.45) is 5.10 Å². The summed E-state index contributed by atoms with van der Waals surface area (Å²) in [5.41, 5.74) is 4.76. The molecule has 0 bridgehead atoms. The summed E-state index contributed by atoms with van der Waals surface area (Å²) in [6.07, 6.45) is 2.98. The van der Waals surface area contributed by atoms with Crippen molar-refractivity contribution in [3.05, 3.63) is 30.1 Å². The van der Waals surface area contributed by atoms with Gasteiger partial charge in [0.15, 0.2) is 0 Å². The van der Waals surface area contributed by atoms with Crippen LogP contribution < -0.4 is 10.7 Å². The first-order chi connectivity index (χ1) is 11.2. The maximum atomic E-state index is 12.2. The van der Waals surface area contributed by atoms with E-state index in [4.69, 9.17) is 0 Å². The van der Waals surface area contributed by atoms with Crippen LogP contribution in [0.5, 0.6) is 0 Å². The molecule has 1 aromatic heterocycles. The lowest BCUT2D eigenvalue weighted by Gasteiger charge is -2.12. The van der Waals surface area contributed by atoms with Gasteiger partial charge in [-0.05, 0) is 25.0 Å². The van der Waals surface area contributed by atoms with Crippen molar-refractivity contribution in [3.8, 4) is 0 Å². The van der Waals surface area contributed by atoms with Crippen LogP contribution in [0.25, 0.3) is 11.0 Å². The van der Waals surface area contributed by atoms with Gasteiger partial charge in [0.25, 0.3) is 5.91 Å². The normalized spacial score (nSPS) is 17.7. The topological polar surface area (TPSA) is 88.4 Å². The molecule has 1 aliphatic carbocycles. The first-order valence-electron chi connectivity index (χ1n) is 7.82. The van der Waals surface area contributed by atoms with Gasteiger partial charge >= 0.3 is 0 Å². The van der Waals surface area contributed by atoms with Crippen LogP contribution in [0.15, 0.2) is 29.4 Å². The number of hydrogen-bond donors (Lipinski definition) is 2. The summed E-state index contributed by atoms with van der Waals surface area (Å²) in [5.74, 6) is 0.457. The average molecular weight is 311 g/mol. The Morgan fingerprint density at radius 3 is 2.87 bits per heavy atom. The Bertz CT molecular complexity index is 819. The number of aromatic nitrogens is 2. The number of benzene rings is 1. The molecule has 1 aliphatic heterocycles. The van der Waals surface area contributed by atoms with Gasteiger partial charge in [-0.3, -0.25) is 9.59 Å². The van der Waals surface area contributed by atoms with E-state index in [0.29, 0.717) is 31.1 Å². The molecule has 0 unspecified atom stereocenters. The van der Waals surface area contributed by atoms with Gasteiger partial charge in [-0.2, -0.15) is 5.10 Å². The standard InChI is InChI=1S/C16H17N5O2/c22-15-8-7-12(19-20-15)16(23)17-9-14-18-11-3-1-2-4-13(11)21(14)10-5-6-10/h1-4,10H,5-9H2,(H,17,23)(H,20,22). The molecule has 2 aromatic rings. The molecule has 1 aromatic carbocycles. The van der Waals surface area contributed by atoms with Gasteiger partial charge < -0.3 is 9.88 Å². The summed E-state index contributed by atoms with van der Waals surface area (Å²) in [7, 11) is 0. The zero-order valence-electron chi connectivity index (χ0n) is 12.6. The van der Waals surface area contributed by atoms with Crippen LogP contribution in [0.1, 0.15) is 37.5 Å². The molecule has 1 saturated carbocycles. The van der Waals surface area contributed by atoms with E-state index in [1.165, 1.54) is 0 Å². The Kier molecular flexibility index (Phi) is 3.33. The Morgan fingerprint density at radius 2 is 2.13 bits per heavy atom. The number of nitrogens with zero attached hydrogens (tertiary/aromatic N) is 3. The smallest absolute Gasteiger partial charge is 0.267 e. The Hall–Kier alpha value is -2.70. The van der Waals surface area contributed by atoms with Crippen molar-refractivity contribution >= 4 is 28.6 Å². The minimum atomic E-state index is -0.251. The zero-order chi connectivity index (χ0) is 15.8. The van der Waals surface area contributed by atoms with E-state index in [2.05, 4.69) is 31.5 Å². The molecule has 118 valence electrons. The number of fused-ring (bicyclic) bond motifs is 1. The maximum Gasteiger partial charge on any atom is 0.267 e. The van der Waals surface area contributed by atoms with E-state index in [9.17, 15) is 9.59 Å². The number of para-hydroxylation sites is 2. The fourth-order valence-electron chi connectivity index (χ4n) is 2.86. The van der Waals surface area contributed by atoms with Gasteiger partial charge in [-0.25, -0.2) is 10.4 Å². The van der Waals surface area contributed by atoms with Crippen molar-refractivity contribution in [1.29, 1.82) is 0 Å². The SMILES string of the molecule is O=C1CCC(C(=O)NCc2nc3ccccc3n2C2CC2)=NN1. The van der Waals surface area contributed by atoms with Gasteiger partial charge in [0.2, 0.25) is 5.91 Å². The van der Waals surface area contributed by atoms with Crippen molar-refractivity contribution in [2.75, 3.05) is 0 Å². The second kappa shape index (κ2) is 5.49. The summed E-state index contributed by atoms with van der Waals surface area (Å²) in [4.78, 5) is 27.9. The monoisotopic (exact) mass is 311 g/mol. The minimum Gasteiger partial charge on any atom is -0.344 e. The van der Waals surface area contributed by atoms with Crippen LogP contribution in [-0.4, -0.2) is 27.1 Å². The molecule has 7 nitrogen and oxygen atoms in total. The van der Waals surface area contributed by atoms with Crippen molar-refractivity contribution in [1.82, 2.24) is 20.3 Å². The molecular formula is C16H17N5O2. The van der Waals surface area contributed by atoms with E-state index < -0.39 is 0 Å². The quantitative estimate of drug-likeness (QED) is 0.891. The summed E-state index contributed by atoms with van der Waals surface area (Å²) >= 11 is 0. The summed E-state index contributed by atoms with van der Waals surface area (Å²) < 4.78 is 2.22. The summed E-state index contributed by atoms with van der Waals surface area (Å²) in [5, 5.41) is 6.68. The van der Waals surface area contributed by atoms with E-state index in [1.807, 2.05) is 18.2 Å². The molecule has 23 heavy (non-hydrogen) atoms. The third-order valence-corrected chi connectivity index (χ3v) is 4.15. The number of carbonyl (C=O) groups excluding carboxylic acids is 2. The minimum absolute atomic E-state index is 0.155. The molecule has 7 heteroatoms. The predicted octanol–water partition coefficient (Wildman–Crippen LogP) is 1.25. The van der Waals surface area contributed by atoms with Crippen molar-refractivity contribution in [2.45, 2.75) is 38.3 Å². The Labute approximate surface area is 132 Å². The first-order valence-corrected chi connectivity index (χ1v) is 7.82. The molecule has 2 amide bonds. The van der Waals surface area contributed by atoms with E-state index in [1.54, 1.807) is 0 Å². The molecule has 2 heterocycles. The van der Waals surface area contributed by atoms with Crippen LogP contribution >= 0.6 is 0 Å². The maximum absolute atomic E-state index is 12.2. The van der Waals surface area contributed by atoms with Gasteiger partial charge in [0.1, 0.15) is 11.5 Å². The highest BCUT2D eigenvalue weighted by atomic mass is 16.2. The van der Waals surface area contributed by atoms with E-state index >= 15 is 0 Å². The van der Waals surface area contributed by atoms with Crippen molar-refractivity contribution < 1.29 is 9.59 Å². The fourth-order valence-corrected chi connectivity index (χ4v) is 2.86. The largest absolute Gasteiger partial charge is 0.344 e. The molecule has 1 fully saturated rings. The van der Waals surface area contributed by atoms with Crippen LogP contribution in [0.4, 0.5) is 0 Å². The average Bonchev–Trinajstić information content (AvgIpc) is 3.33. The Morgan fingerprint density at radius 1 is 1.30 bits per heavy atom. The third kappa shape index (κ3) is 2.69. The molecule has 0 saturated heterocycles. The fraction of sp³-hybridized carbons (Fsp3) is 0.375. The second-order valence-corrected chi connectivity index (χ2v) is 5.89. The number of hydrogen-bond acceptors (Lipinski definition) is 4. The van der Waals surface area contributed by atoms with Gasteiger partial charge in [-0.15, -0.1) is 0 Å². The predicted molar refractivity (Wildman–Crippen MR) is 84.7 cm³/mol. The van der Waals surface area contributed by atoms with Gasteiger partial charge in [0, 0.05) is 18.9 Å². The Balaban J connectivity index is 1.53. The van der Waals surface area contributed by atoms with E-state index in [-0.39, 0.29) is 11.8 Å². The van der Waals surface area contributed by atoms with Crippen LogP contribution in [-0.2, 0) is 16.1 Å². The molecule has 4 rings (SSSR count). The van der Waals surface area contributed by atoms with Crippen molar-refractivity contribution in [3.63, 3.8) is 0 Å². The lowest BCUT2D eigenvalue weighted by Crippen LogP contribution is -2.37. The molecule has 0 atom stereocenters. The number of imidazole rings is 1. The van der Waals surface area contributed by atoms with E-state index in [0.717, 1.165) is 29.7 Å². The first kappa shape index (κ1) is 13.9. The lowest BCUT2D eigenvalue weighted by atomic mass is 10.1. The van der Waals surface area contributed by atoms with Crippen LogP contribution in [0.2, 0.25) is 0 Å². The highest BCUT2D eigenvalue weighted by Gasteiger charge is 2.28. The number of amides is 2. The number of carbonyl (C=O) groups is 2. The molecule has 0 radical (unpaired) electrons. The summed E-state index contributed by atoms with van der Waals surface area (Å²) in [6, 6.07) is 8.51. The third-order valence-electron chi connectivity index (χ3n) is 4.15. The molecule has 2 aliphatic rings. The molecular weight excluding hydrogens is 294 g/mol. The lowest BCUT2D eigenvalue weighted by molar-refractivity contribution is -0.121. The second-order valence-electron chi connectivity index (χ2n) is 5.89. The van der Waals surface area contributed by atoms with Crippen LogP contribution in [0.3, 0.4) is 0 Å². The molecule has 2 N–H and O–H groups in total. The highest BCUT2D eigenvalue weighted by Crippen LogP contribution is 2.38. The summed E-state index contributed by atoms with van der Waals surface area (Å²) in [6.45, 7) is 0.358.